The van der Waals surface area contributed by atoms with Crippen molar-refractivity contribution in [1.82, 2.24) is 4.90 Å². The quantitative estimate of drug-likeness (QED) is 0.202. The van der Waals surface area contributed by atoms with Crippen LogP contribution in [-0.4, -0.2) is 76.7 Å². The number of aliphatic hydroxyl groups excluding tert-OH is 1. The van der Waals surface area contributed by atoms with Crippen molar-refractivity contribution in [2.75, 3.05) is 31.2 Å². The lowest BCUT2D eigenvalue weighted by molar-refractivity contribution is -0.154. The number of halogens is 2. The van der Waals surface area contributed by atoms with E-state index in [9.17, 15) is 19.5 Å². The number of likely N-dealkylation sites (tertiary alicyclic amines) is 1. The first-order valence-corrected chi connectivity index (χ1v) is 12.8. The third kappa shape index (κ3) is 4.33. The molecule has 4 rings (SSSR count). The Morgan fingerprint density at radius 2 is 2.03 bits per heavy atom. The van der Waals surface area contributed by atoms with E-state index in [1.54, 1.807) is 36.4 Å². The minimum Gasteiger partial charge on any atom is -0.465 e. The number of rotatable bonds is 10. The molecule has 2 amide bonds. The summed E-state index contributed by atoms with van der Waals surface area (Å²) in [6.45, 7) is 7.34. The van der Waals surface area contributed by atoms with E-state index in [0.717, 1.165) is 0 Å². The molecule has 1 aromatic carbocycles. The lowest BCUT2D eigenvalue weighted by Gasteiger charge is -2.37. The van der Waals surface area contributed by atoms with Gasteiger partial charge in [-0.1, -0.05) is 39.7 Å². The van der Waals surface area contributed by atoms with Crippen LogP contribution in [0.1, 0.15) is 12.8 Å². The van der Waals surface area contributed by atoms with Crippen LogP contribution < -0.4 is 4.90 Å². The van der Waals surface area contributed by atoms with Gasteiger partial charge >= 0.3 is 5.97 Å². The normalized spacial score (nSPS) is 30.8. The van der Waals surface area contributed by atoms with Gasteiger partial charge in [-0.15, -0.1) is 13.2 Å². The number of alkyl halides is 1. The Hall–Kier alpha value is -2.20. The summed E-state index contributed by atoms with van der Waals surface area (Å²) in [5, 5.41) is 10.3. The van der Waals surface area contributed by atoms with E-state index in [4.69, 9.17) is 21.1 Å². The Bertz CT molecular complexity index is 1020. The first-order chi connectivity index (χ1) is 16.8. The maximum absolute atomic E-state index is 14.1. The van der Waals surface area contributed by atoms with Gasteiger partial charge in [0.25, 0.3) is 5.91 Å². The van der Waals surface area contributed by atoms with Gasteiger partial charge in [-0.05, 0) is 37.1 Å². The molecule has 6 atom stereocenters. The molecule has 3 unspecified atom stereocenters. The summed E-state index contributed by atoms with van der Waals surface area (Å²) in [4.78, 5) is 43.5. The van der Waals surface area contributed by atoms with Crippen LogP contribution >= 0.6 is 27.5 Å². The van der Waals surface area contributed by atoms with Crippen LogP contribution in [0.2, 0.25) is 5.02 Å². The first-order valence-electron chi connectivity index (χ1n) is 11.5. The number of β-amino-alcohol motifs (C(OH)–C–C–N with tert-alkyl or cyclic N) is 1. The van der Waals surface area contributed by atoms with Gasteiger partial charge in [0.05, 0.1) is 31.2 Å². The van der Waals surface area contributed by atoms with Crippen molar-refractivity contribution in [3.05, 3.63) is 54.6 Å². The van der Waals surface area contributed by atoms with Crippen LogP contribution in [0.5, 0.6) is 0 Å². The average Bonchev–Trinajstić information content (AvgIpc) is 3.42. The predicted molar refractivity (Wildman–Crippen MR) is 134 cm³/mol. The molecule has 35 heavy (non-hydrogen) atoms. The molecule has 1 N–H and O–H groups in total. The lowest BCUT2D eigenvalue weighted by Crippen LogP contribution is -2.57. The van der Waals surface area contributed by atoms with Crippen molar-refractivity contribution in [2.24, 2.45) is 11.8 Å². The fourth-order valence-electron chi connectivity index (χ4n) is 5.59. The molecule has 2 bridgehead atoms. The Morgan fingerprint density at radius 3 is 2.66 bits per heavy atom. The zero-order valence-electron chi connectivity index (χ0n) is 19.1. The molecule has 0 radical (unpaired) electrons. The second kappa shape index (κ2) is 10.4. The summed E-state index contributed by atoms with van der Waals surface area (Å²) in [5.74, 6) is -3.03. The van der Waals surface area contributed by atoms with Gasteiger partial charge < -0.3 is 24.4 Å². The SMILES string of the molecule is C=CCCOC(=O)[C@H]1[C@@H]2OC3(CC2Br)C(C(=O)N(CC=C)c2ccc(Cl)cc2)N(CCO)C(=O)[C@H]13. The summed E-state index contributed by atoms with van der Waals surface area (Å²) in [5.41, 5.74) is -0.644. The highest BCUT2D eigenvalue weighted by Crippen LogP contribution is 2.60. The number of aliphatic hydroxyl groups is 1. The Labute approximate surface area is 217 Å². The standard InChI is InChI=1S/C25H28BrClN2O6/c1-3-5-13-34-24(33)18-19-22(31)29(11-12-30)21(25(19)14-17(26)20(18)35-25)23(32)28(10-4-2)16-8-6-15(27)7-9-16/h3-4,6-9,17-21,30H,1-2,5,10-14H2/t17?,18-,19+,20-,21?,25?/m1/s1. The van der Waals surface area contributed by atoms with E-state index in [1.165, 1.54) is 9.80 Å². The number of hydrogen-bond donors (Lipinski definition) is 1. The monoisotopic (exact) mass is 566 g/mol. The molecule has 10 heteroatoms. The van der Waals surface area contributed by atoms with Gasteiger partial charge in [0.2, 0.25) is 5.91 Å². The molecule has 1 spiro atoms. The summed E-state index contributed by atoms with van der Waals surface area (Å²) in [7, 11) is 0. The van der Waals surface area contributed by atoms with E-state index in [0.29, 0.717) is 23.6 Å². The van der Waals surface area contributed by atoms with Crippen LogP contribution in [0.3, 0.4) is 0 Å². The zero-order chi connectivity index (χ0) is 25.3. The van der Waals surface area contributed by atoms with E-state index in [2.05, 4.69) is 29.1 Å². The number of benzene rings is 1. The number of fused-ring (bicyclic) bond motifs is 1. The second-order valence-corrected chi connectivity index (χ2v) is 10.5. The van der Waals surface area contributed by atoms with Crippen molar-refractivity contribution in [3.8, 4) is 0 Å². The van der Waals surface area contributed by atoms with Crippen molar-refractivity contribution in [2.45, 2.75) is 35.4 Å². The minimum absolute atomic E-state index is 0.0603. The molecule has 1 aromatic rings. The van der Waals surface area contributed by atoms with Crippen molar-refractivity contribution in [1.29, 1.82) is 0 Å². The number of anilines is 1. The Balaban J connectivity index is 1.73. The van der Waals surface area contributed by atoms with Gasteiger partial charge in [-0.25, -0.2) is 0 Å². The zero-order valence-corrected chi connectivity index (χ0v) is 21.5. The van der Waals surface area contributed by atoms with Gasteiger partial charge in [0.15, 0.2) is 0 Å². The molecule has 3 saturated heterocycles. The fourth-order valence-corrected chi connectivity index (χ4v) is 6.65. The molecule has 3 aliphatic rings. The Kier molecular flexibility index (Phi) is 7.71. The van der Waals surface area contributed by atoms with E-state index in [-0.39, 0.29) is 42.9 Å². The minimum atomic E-state index is -1.23. The smallest absolute Gasteiger partial charge is 0.312 e. The molecular weight excluding hydrogens is 540 g/mol. The van der Waals surface area contributed by atoms with Crippen LogP contribution in [0.25, 0.3) is 0 Å². The molecular formula is C25H28BrClN2O6. The number of esters is 1. The second-order valence-electron chi connectivity index (χ2n) is 8.88. The van der Waals surface area contributed by atoms with E-state index < -0.39 is 35.6 Å². The van der Waals surface area contributed by atoms with Crippen LogP contribution in [0.15, 0.2) is 49.6 Å². The highest BCUT2D eigenvalue weighted by atomic mass is 79.9. The van der Waals surface area contributed by atoms with Crippen molar-refractivity contribution >= 4 is 51.0 Å². The predicted octanol–water partition coefficient (Wildman–Crippen LogP) is 2.72. The highest BCUT2D eigenvalue weighted by Gasteiger charge is 2.77. The van der Waals surface area contributed by atoms with Gasteiger partial charge in [0, 0.05) is 28.6 Å². The maximum atomic E-state index is 14.1. The molecule has 188 valence electrons. The van der Waals surface area contributed by atoms with Gasteiger partial charge in [-0.2, -0.15) is 0 Å². The van der Waals surface area contributed by atoms with Crippen LogP contribution in [0, 0.1) is 11.8 Å². The number of nitrogens with zero attached hydrogens (tertiary/aromatic N) is 2. The summed E-state index contributed by atoms with van der Waals surface area (Å²) in [6.07, 6.45) is 3.49. The Morgan fingerprint density at radius 1 is 1.31 bits per heavy atom. The molecule has 0 saturated carbocycles. The number of amides is 2. The molecule has 8 nitrogen and oxygen atoms in total. The van der Waals surface area contributed by atoms with E-state index in [1.807, 2.05) is 0 Å². The van der Waals surface area contributed by atoms with Gasteiger partial charge in [0.1, 0.15) is 11.6 Å². The first kappa shape index (κ1) is 25.9. The topological polar surface area (TPSA) is 96.4 Å². The molecule has 0 aliphatic carbocycles. The van der Waals surface area contributed by atoms with Crippen LogP contribution in [0.4, 0.5) is 5.69 Å². The largest absolute Gasteiger partial charge is 0.465 e. The number of hydrogen-bond acceptors (Lipinski definition) is 6. The van der Waals surface area contributed by atoms with Crippen molar-refractivity contribution in [3.63, 3.8) is 0 Å². The van der Waals surface area contributed by atoms with E-state index >= 15 is 0 Å². The molecule has 3 fully saturated rings. The summed E-state index contributed by atoms with van der Waals surface area (Å²) in [6, 6.07) is 5.75. The molecule has 3 heterocycles. The number of ether oxygens (including phenoxy) is 2. The summed E-state index contributed by atoms with van der Waals surface area (Å²) < 4.78 is 11.8. The maximum Gasteiger partial charge on any atom is 0.312 e. The average molecular weight is 568 g/mol. The summed E-state index contributed by atoms with van der Waals surface area (Å²) >= 11 is 9.64. The van der Waals surface area contributed by atoms with Crippen molar-refractivity contribution < 1.29 is 29.0 Å². The van der Waals surface area contributed by atoms with Crippen LogP contribution in [-0.2, 0) is 23.9 Å². The third-order valence-electron chi connectivity index (χ3n) is 6.92. The highest BCUT2D eigenvalue weighted by molar-refractivity contribution is 9.09. The third-order valence-corrected chi connectivity index (χ3v) is 8.02. The fraction of sp³-hybridized carbons (Fsp3) is 0.480. The number of carbonyl (C=O) groups is 3. The van der Waals surface area contributed by atoms with Gasteiger partial charge in [-0.3, -0.25) is 14.4 Å². The lowest BCUT2D eigenvalue weighted by atomic mass is 9.70. The molecule has 0 aromatic heterocycles. The molecule has 3 aliphatic heterocycles. The number of carbonyl (C=O) groups excluding carboxylic acids is 3.